The summed E-state index contributed by atoms with van der Waals surface area (Å²) in [6.07, 6.45) is 4.27. The van der Waals surface area contributed by atoms with Crippen LogP contribution in [0.15, 0.2) is 23.0 Å². The van der Waals surface area contributed by atoms with Gasteiger partial charge in [-0.3, -0.25) is 9.36 Å². The molecule has 0 bridgehead atoms. The summed E-state index contributed by atoms with van der Waals surface area (Å²) < 4.78 is 15.4. The molecule has 2 aliphatic rings. The molecule has 2 aliphatic heterocycles. The Balaban J connectivity index is 2.14. The van der Waals surface area contributed by atoms with E-state index in [-0.39, 0.29) is 11.4 Å². The molecule has 3 nitrogen and oxygen atoms in total. The lowest BCUT2D eigenvalue weighted by molar-refractivity contribution is 0.546. The molecule has 0 amide bonds. The second-order valence-electron chi connectivity index (χ2n) is 5.75. The Morgan fingerprint density at radius 3 is 2.75 bits per heavy atom. The minimum absolute atomic E-state index is 0.0372. The maximum absolute atomic E-state index is 13.5. The average molecular weight is 272 g/mol. The van der Waals surface area contributed by atoms with Crippen LogP contribution in [0.2, 0.25) is 0 Å². The van der Waals surface area contributed by atoms with Crippen molar-refractivity contribution in [3.05, 3.63) is 39.9 Å². The fourth-order valence-electron chi connectivity index (χ4n) is 3.64. The van der Waals surface area contributed by atoms with Crippen molar-refractivity contribution in [2.45, 2.75) is 32.2 Å². The lowest BCUT2D eigenvalue weighted by Crippen LogP contribution is -2.38. The number of pyridine rings is 1. The molecule has 4 heteroatoms. The van der Waals surface area contributed by atoms with Crippen LogP contribution in [-0.4, -0.2) is 17.7 Å². The van der Waals surface area contributed by atoms with E-state index in [1.807, 2.05) is 4.57 Å². The zero-order valence-electron chi connectivity index (χ0n) is 11.4. The Morgan fingerprint density at radius 1 is 1.00 bits per heavy atom. The normalized spacial score (nSPS) is 17.9. The van der Waals surface area contributed by atoms with Crippen molar-refractivity contribution in [2.24, 2.45) is 0 Å². The van der Waals surface area contributed by atoms with Gasteiger partial charge < -0.3 is 4.90 Å². The first-order valence-corrected chi connectivity index (χ1v) is 7.35. The van der Waals surface area contributed by atoms with E-state index in [1.54, 1.807) is 6.07 Å². The number of aryl methyl sites for hydroxylation is 1. The molecule has 2 aromatic rings. The van der Waals surface area contributed by atoms with Gasteiger partial charge in [0.2, 0.25) is 0 Å². The highest BCUT2D eigenvalue weighted by atomic mass is 19.1. The number of fused-ring (bicyclic) bond motifs is 2. The van der Waals surface area contributed by atoms with Crippen LogP contribution in [0.3, 0.4) is 0 Å². The van der Waals surface area contributed by atoms with Gasteiger partial charge in [-0.25, -0.2) is 4.39 Å². The summed E-state index contributed by atoms with van der Waals surface area (Å²) in [6, 6.07) is 4.64. The molecule has 1 aromatic carbocycles. The van der Waals surface area contributed by atoms with Gasteiger partial charge >= 0.3 is 0 Å². The topological polar surface area (TPSA) is 25.2 Å². The van der Waals surface area contributed by atoms with E-state index >= 15 is 0 Å². The Kier molecular flexibility index (Phi) is 2.59. The van der Waals surface area contributed by atoms with Gasteiger partial charge in [-0.1, -0.05) is 6.07 Å². The molecule has 104 valence electrons. The largest absolute Gasteiger partial charge is 0.358 e. The average Bonchev–Trinajstić information content (AvgIpc) is 2.68. The molecule has 0 fully saturated rings. The van der Waals surface area contributed by atoms with E-state index in [2.05, 4.69) is 4.90 Å². The molecule has 0 atom stereocenters. The van der Waals surface area contributed by atoms with Crippen molar-refractivity contribution in [3.63, 3.8) is 0 Å². The summed E-state index contributed by atoms with van der Waals surface area (Å²) >= 11 is 0. The van der Waals surface area contributed by atoms with E-state index in [4.69, 9.17) is 0 Å². The minimum Gasteiger partial charge on any atom is -0.358 e. The predicted octanol–water partition coefficient (Wildman–Crippen LogP) is 2.69. The molecule has 0 N–H and O–H groups in total. The smallest absolute Gasteiger partial charge is 0.260 e. The lowest BCUT2D eigenvalue weighted by atomic mass is 10.0. The number of rotatable bonds is 0. The van der Waals surface area contributed by atoms with Crippen molar-refractivity contribution < 1.29 is 4.39 Å². The van der Waals surface area contributed by atoms with Crippen LogP contribution in [0, 0.1) is 5.82 Å². The van der Waals surface area contributed by atoms with Gasteiger partial charge in [0.1, 0.15) is 11.6 Å². The summed E-state index contributed by atoms with van der Waals surface area (Å²) in [5, 5.41) is 1.48. The van der Waals surface area contributed by atoms with Crippen molar-refractivity contribution in [2.75, 3.05) is 18.0 Å². The highest BCUT2D eigenvalue weighted by Crippen LogP contribution is 2.33. The third-order valence-electron chi connectivity index (χ3n) is 4.52. The summed E-state index contributed by atoms with van der Waals surface area (Å²) in [5.41, 5.74) is 1.20. The Labute approximate surface area is 116 Å². The molecule has 0 aliphatic carbocycles. The quantitative estimate of drug-likeness (QED) is 0.736. The summed E-state index contributed by atoms with van der Waals surface area (Å²) in [7, 11) is 0. The highest BCUT2D eigenvalue weighted by molar-refractivity contribution is 5.89. The molecular weight excluding hydrogens is 255 g/mol. The maximum Gasteiger partial charge on any atom is 0.260 e. The number of hydrogen-bond donors (Lipinski definition) is 0. The van der Waals surface area contributed by atoms with Crippen LogP contribution in [0.1, 0.15) is 24.8 Å². The molecule has 1 aromatic heterocycles. The summed E-state index contributed by atoms with van der Waals surface area (Å²) in [6.45, 7) is 2.81. The first-order valence-electron chi connectivity index (χ1n) is 7.35. The minimum atomic E-state index is -0.330. The van der Waals surface area contributed by atoms with Crippen molar-refractivity contribution in [1.82, 2.24) is 4.57 Å². The molecule has 0 spiro atoms. The number of aromatic nitrogens is 1. The van der Waals surface area contributed by atoms with Crippen molar-refractivity contribution in [3.8, 4) is 0 Å². The van der Waals surface area contributed by atoms with E-state index in [1.165, 1.54) is 17.7 Å². The molecule has 0 saturated heterocycles. The third-order valence-corrected chi connectivity index (χ3v) is 4.52. The SMILES string of the molecule is O=c1c2cc(F)ccc2c2c3n1CCCN3CCCC2. The molecule has 4 rings (SSSR count). The fourth-order valence-corrected chi connectivity index (χ4v) is 3.64. The zero-order valence-corrected chi connectivity index (χ0v) is 11.4. The zero-order chi connectivity index (χ0) is 13.7. The highest BCUT2D eigenvalue weighted by Gasteiger charge is 2.26. The van der Waals surface area contributed by atoms with Crippen LogP contribution >= 0.6 is 0 Å². The summed E-state index contributed by atoms with van der Waals surface area (Å²) in [5.74, 6) is 0.765. The van der Waals surface area contributed by atoms with Gasteiger partial charge in [-0.15, -0.1) is 0 Å². The van der Waals surface area contributed by atoms with Crippen LogP contribution in [0.5, 0.6) is 0 Å². The molecule has 3 heterocycles. The summed E-state index contributed by atoms with van der Waals surface area (Å²) in [4.78, 5) is 15.0. The lowest BCUT2D eigenvalue weighted by Gasteiger charge is -2.33. The maximum atomic E-state index is 13.5. The van der Waals surface area contributed by atoms with Gasteiger partial charge in [0, 0.05) is 25.2 Å². The van der Waals surface area contributed by atoms with E-state index in [9.17, 15) is 9.18 Å². The number of nitrogens with zero attached hydrogens (tertiary/aromatic N) is 2. The Morgan fingerprint density at radius 2 is 1.85 bits per heavy atom. The Bertz CT molecular complexity index is 750. The first-order chi connectivity index (χ1) is 9.75. The second kappa shape index (κ2) is 4.33. The van der Waals surface area contributed by atoms with Gasteiger partial charge in [0.15, 0.2) is 0 Å². The Hall–Kier alpha value is -1.84. The third kappa shape index (κ3) is 1.60. The monoisotopic (exact) mass is 272 g/mol. The standard InChI is InChI=1S/C16H17FN2O/c17-11-5-6-12-13-4-1-2-7-18-8-3-9-19(15(13)18)16(20)14(12)10-11/h5-6,10H,1-4,7-9H2. The van der Waals surface area contributed by atoms with Crippen LogP contribution in [0.4, 0.5) is 10.2 Å². The molecule has 0 radical (unpaired) electrons. The van der Waals surface area contributed by atoms with Gasteiger partial charge in [0.25, 0.3) is 5.56 Å². The molecular formula is C16H17FN2O. The van der Waals surface area contributed by atoms with Crippen molar-refractivity contribution >= 4 is 16.6 Å². The van der Waals surface area contributed by atoms with E-state index in [0.717, 1.165) is 56.5 Å². The van der Waals surface area contributed by atoms with Gasteiger partial charge in [-0.2, -0.15) is 0 Å². The number of halogens is 1. The van der Waals surface area contributed by atoms with Gasteiger partial charge in [-0.05, 0) is 43.2 Å². The first kappa shape index (κ1) is 11.9. The number of hydrogen-bond acceptors (Lipinski definition) is 2. The van der Waals surface area contributed by atoms with E-state index < -0.39 is 0 Å². The number of anilines is 1. The van der Waals surface area contributed by atoms with Crippen molar-refractivity contribution in [1.29, 1.82) is 0 Å². The predicted molar refractivity (Wildman–Crippen MR) is 77.9 cm³/mol. The van der Waals surface area contributed by atoms with Crippen LogP contribution in [-0.2, 0) is 13.0 Å². The molecule has 20 heavy (non-hydrogen) atoms. The van der Waals surface area contributed by atoms with E-state index in [0.29, 0.717) is 5.39 Å². The number of benzene rings is 1. The molecule has 0 saturated carbocycles. The van der Waals surface area contributed by atoms with Gasteiger partial charge in [0.05, 0.1) is 5.39 Å². The van der Waals surface area contributed by atoms with Crippen LogP contribution < -0.4 is 10.5 Å². The molecule has 0 unspecified atom stereocenters. The second-order valence-corrected chi connectivity index (χ2v) is 5.75. The van der Waals surface area contributed by atoms with Crippen LogP contribution in [0.25, 0.3) is 10.8 Å². The fraction of sp³-hybridized carbons (Fsp3) is 0.438.